The first-order chi connectivity index (χ1) is 11.5. The van der Waals surface area contributed by atoms with Crippen LogP contribution in [0.4, 0.5) is 0 Å². The SMILES string of the molecule is CCC(Oc1ccccc1)C(=O)C1=C(O)C(CC(C)SC)OC1=O. The molecule has 3 unspecified atom stereocenters. The van der Waals surface area contributed by atoms with Gasteiger partial charge in [0.25, 0.3) is 0 Å². The number of rotatable bonds is 8. The molecular weight excluding hydrogens is 328 g/mol. The van der Waals surface area contributed by atoms with Gasteiger partial charge in [-0.1, -0.05) is 32.0 Å². The largest absolute Gasteiger partial charge is 0.507 e. The molecule has 0 radical (unpaired) electrons. The van der Waals surface area contributed by atoms with Gasteiger partial charge < -0.3 is 14.6 Å². The number of ketones is 1. The number of aliphatic hydroxyl groups excluding tert-OH is 1. The van der Waals surface area contributed by atoms with E-state index < -0.39 is 24.0 Å². The summed E-state index contributed by atoms with van der Waals surface area (Å²) in [6.45, 7) is 3.76. The maximum Gasteiger partial charge on any atom is 0.346 e. The van der Waals surface area contributed by atoms with Crippen molar-refractivity contribution in [3.05, 3.63) is 41.7 Å². The van der Waals surface area contributed by atoms with Crippen molar-refractivity contribution in [3.63, 3.8) is 0 Å². The predicted octanol–water partition coefficient (Wildman–Crippen LogP) is 3.29. The van der Waals surface area contributed by atoms with Gasteiger partial charge in [-0.05, 0) is 24.8 Å². The Morgan fingerprint density at radius 1 is 1.38 bits per heavy atom. The molecule has 5 nitrogen and oxygen atoms in total. The maximum absolute atomic E-state index is 12.7. The fourth-order valence-corrected chi connectivity index (χ4v) is 2.81. The summed E-state index contributed by atoms with van der Waals surface area (Å²) in [5.74, 6) is -1.05. The summed E-state index contributed by atoms with van der Waals surface area (Å²) >= 11 is 1.60. The zero-order valence-corrected chi connectivity index (χ0v) is 14.8. The summed E-state index contributed by atoms with van der Waals surface area (Å²) in [6, 6.07) is 8.91. The van der Waals surface area contributed by atoms with E-state index in [9.17, 15) is 14.7 Å². The molecule has 2 rings (SSSR count). The summed E-state index contributed by atoms with van der Waals surface area (Å²) in [6.07, 6.45) is 1.19. The zero-order valence-electron chi connectivity index (χ0n) is 14.0. The average Bonchev–Trinajstić information content (AvgIpc) is 2.86. The van der Waals surface area contributed by atoms with Crippen molar-refractivity contribution in [1.82, 2.24) is 0 Å². The van der Waals surface area contributed by atoms with Crippen LogP contribution in [0.15, 0.2) is 41.7 Å². The summed E-state index contributed by atoms with van der Waals surface area (Å²) in [5, 5.41) is 10.5. The van der Waals surface area contributed by atoms with E-state index in [1.54, 1.807) is 43.0 Å². The molecule has 0 saturated carbocycles. The lowest BCUT2D eigenvalue weighted by atomic mass is 10.0. The third-order valence-electron chi connectivity index (χ3n) is 3.89. The van der Waals surface area contributed by atoms with Crippen LogP contribution in [0.3, 0.4) is 0 Å². The lowest BCUT2D eigenvalue weighted by molar-refractivity contribution is -0.142. The Hall–Kier alpha value is -1.95. The second kappa shape index (κ2) is 8.24. The Morgan fingerprint density at radius 3 is 2.62 bits per heavy atom. The number of carbonyl (C=O) groups is 2. The third-order valence-corrected chi connectivity index (χ3v) is 4.89. The highest BCUT2D eigenvalue weighted by molar-refractivity contribution is 7.99. The van der Waals surface area contributed by atoms with Gasteiger partial charge in [0, 0.05) is 11.7 Å². The summed E-state index contributed by atoms with van der Waals surface area (Å²) in [5.41, 5.74) is -0.281. The molecule has 3 atom stereocenters. The van der Waals surface area contributed by atoms with Gasteiger partial charge in [0.05, 0.1) is 0 Å². The second-order valence-electron chi connectivity index (χ2n) is 5.63. The molecule has 1 heterocycles. The molecule has 1 aromatic carbocycles. The van der Waals surface area contributed by atoms with Gasteiger partial charge in [0.1, 0.15) is 11.3 Å². The van der Waals surface area contributed by atoms with Crippen molar-refractivity contribution in [2.75, 3.05) is 6.26 Å². The molecule has 0 aliphatic carbocycles. The predicted molar refractivity (Wildman–Crippen MR) is 93.3 cm³/mol. The number of cyclic esters (lactones) is 1. The van der Waals surface area contributed by atoms with Crippen molar-refractivity contribution >= 4 is 23.5 Å². The molecule has 1 N–H and O–H groups in total. The molecule has 6 heteroatoms. The Labute approximate surface area is 146 Å². The summed E-state index contributed by atoms with van der Waals surface area (Å²) in [4.78, 5) is 24.7. The molecule has 130 valence electrons. The molecule has 1 aromatic rings. The van der Waals surface area contributed by atoms with E-state index in [0.717, 1.165) is 0 Å². The number of benzene rings is 1. The van der Waals surface area contributed by atoms with Crippen molar-refractivity contribution in [1.29, 1.82) is 0 Å². The van der Waals surface area contributed by atoms with Crippen molar-refractivity contribution in [2.24, 2.45) is 0 Å². The molecule has 0 spiro atoms. The van der Waals surface area contributed by atoms with Crippen LogP contribution in [0.5, 0.6) is 5.75 Å². The van der Waals surface area contributed by atoms with Crippen LogP contribution in [0.25, 0.3) is 0 Å². The van der Waals surface area contributed by atoms with Gasteiger partial charge in [0.2, 0.25) is 5.78 Å². The smallest absolute Gasteiger partial charge is 0.346 e. The molecule has 0 bridgehead atoms. The van der Waals surface area contributed by atoms with Crippen LogP contribution in [-0.2, 0) is 14.3 Å². The molecule has 1 aliphatic heterocycles. The van der Waals surface area contributed by atoms with E-state index in [4.69, 9.17) is 9.47 Å². The summed E-state index contributed by atoms with van der Waals surface area (Å²) in [7, 11) is 0. The number of carbonyl (C=O) groups excluding carboxylic acids is 2. The lowest BCUT2D eigenvalue weighted by Gasteiger charge is -2.16. The molecule has 0 fully saturated rings. The first kappa shape index (κ1) is 18.4. The highest BCUT2D eigenvalue weighted by atomic mass is 32.2. The molecular formula is C18H22O5S. The Balaban J connectivity index is 2.17. The first-order valence-electron chi connectivity index (χ1n) is 7.90. The fraction of sp³-hybridized carbons (Fsp3) is 0.444. The minimum absolute atomic E-state index is 0.196. The van der Waals surface area contributed by atoms with Gasteiger partial charge in [0.15, 0.2) is 18.0 Å². The van der Waals surface area contributed by atoms with Crippen LogP contribution < -0.4 is 4.74 Å². The average molecular weight is 350 g/mol. The first-order valence-corrected chi connectivity index (χ1v) is 9.19. The van der Waals surface area contributed by atoms with E-state index in [0.29, 0.717) is 18.6 Å². The number of Topliss-reactive ketones (excluding diaryl/α,β-unsaturated/α-hetero) is 1. The van der Waals surface area contributed by atoms with Crippen molar-refractivity contribution in [2.45, 2.75) is 44.1 Å². The number of aliphatic hydroxyl groups is 1. The Kier molecular flexibility index (Phi) is 6.31. The third kappa shape index (κ3) is 4.12. The molecule has 24 heavy (non-hydrogen) atoms. The number of ether oxygens (including phenoxy) is 2. The number of esters is 1. The fourth-order valence-electron chi connectivity index (χ4n) is 2.44. The standard InChI is InChI=1S/C18H22O5S/c1-4-13(22-12-8-6-5-7-9-12)16(19)15-17(20)14(23-18(15)21)10-11(2)24-3/h5-9,11,13-14,20H,4,10H2,1-3H3. The minimum atomic E-state index is -0.839. The number of para-hydroxylation sites is 1. The van der Waals surface area contributed by atoms with Gasteiger partial charge in [-0.25, -0.2) is 4.79 Å². The van der Waals surface area contributed by atoms with Gasteiger partial charge in [-0.3, -0.25) is 4.79 Å². The lowest BCUT2D eigenvalue weighted by Crippen LogP contribution is -2.30. The second-order valence-corrected chi connectivity index (χ2v) is 6.90. The quantitative estimate of drug-likeness (QED) is 0.573. The molecule has 0 aromatic heterocycles. The number of hydrogen-bond donors (Lipinski definition) is 1. The van der Waals surface area contributed by atoms with Gasteiger partial charge in [-0.2, -0.15) is 11.8 Å². The highest BCUT2D eigenvalue weighted by Crippen LogP contribution is 2.29. The molecule has 0 saturated heterocycles. The van der Waals surface area contributed by atoms with Crippen LogP contribution in [-0.4, -0.2) is 40.6 Å². The number of thioether (sulfide) groups is 1. The Morgan fingerprint density at radius 2 is 2.04 bits per heavy atom. The minimum Gasteiger partial charge on any atom is -0.507 e. The van der Waals surface area contributed by atoms with Crippen LogP contribution in [0, 0.1) is 0 Å². The van der Waals surface area contributed by atoms with E-state index in [1.165, 1.54) is 0 Å². The van der Waals surface area contributed by atoms with E-state index >= 15 is 0 Å². The topological polar surface area (TPSA) is 72.8 Å². The van der Waals surface area contributed by atoms with E-state index in [-0.39, 0.29) is 16.6 Å². The summed E-state index contributed by atoms with van der Waals surface area (Å²) < 4.78 is 10.8. The van der Waals surface area contributed by atoms with Crippen molar-refractivity contribution in [3.8, 4) is 5.75 Å². The van der Waals surface area contributed by atoms with E-state index in [2.05, 4.69) is 0 Å². The monoisotopic (exact) mass is 350 g/mol. The van der Waals surface area contributed by atoms with Crippen LogP contribution in [0.1, 0.15) is 26.7 Å². The van der Waals surface area contributed by atoms with Crippen molar-refractivity contribution < 1.29 is 24.2 Å². The van der Waals surface area contributed by atoms with E-state index in [1.807, 2.05) is 19.2 Å². The molecule has 0 amide bonds. The highest BCUT2D eigenvalue weighted by Gasteiger charge is 2.41. The molecule has 1 aliphatic rings. The van der Waals surface area contributed by atoms with Gasteiger partial charge >= 0.3 is 5.97 Å². The van der Waals surface area contributed by atoms with Gasteiger partial charge in [-0.15, -0.1) is 0 Å². The zero-order chi connectivity index (χ0) is 17.7. The maximum atomic E-state index is 12.7. The normalized spacial score (nSPS) is 19.8. The van der Waals surface area contributed by atoms with Crippen LogP contribution in [0.2, 0.25) is 0 Å². The Bertz CT molecular complexity index is 626. The van der Waals surface area contributed by atoms with Crippen LogP contribution >= 0.6 is 11.8 Å². The number of hydrogen-bond acceptors (Lipinski definition) is 6.